The van der Waals surface area contributed by atoms with Crippen molar-refractivity contribution in [2.75, 3.05) is 13.1 Å². The number of hydrogen-bond acceptors (Lipinski definition) is 3. The summed E-state index contributed by atoms with van der Waals surface area (Å²) in [5.41, 5.74) is 1.93. The standard InChI is InChI=1S/C23H29N3O2/c1-17(2)26(16-19-9-5-4-6-10-19)23(28)21-14-20(11-12-24-21)22(27)25-13-7-8-18(3)15-25/h4-6,9-12,14,17-18H,7-8,13,15-16H2,1-3H3. The highest BCUT2D eigenvalue weighted by atomic mass is 16.2. The van der Waals surface area contributed by atoms with E-state index in [-0.39, 0.29) is 17.9 Å². The second kappa shape index (κ2) is 9.00. The first-order valence-electron chi connectivity index (χ1n) is 10.1. The minimum atomic E-state index is -0.152. The molecule has 1 aliphatic heterocycles. The summed E-state index contributed by atoms with van der Waals surface area (Å²) in [5, 5.41) is 0. The average Bonchev–Trinajstić information content (AvgIpc) is 2.71. The molecule has 1 fully saturated rings. The lowest BCUT2D eigenvalue weighted by Gasteiger charge is -2.31. The second-order valence-corrected chi connectivity index (χ2v) is 7.94. The molecule has 2 amide bonds. The number of benzene rings is 1. The maximum Gasteiger partial charge on any atom is 0.272 e. The normalized spacial score (nSPS) is 16.9. The zero-order chi connectivity index (χ0) is 20.1. The van der Waals surface area contributed by atoms with E-state index in [0.29, 0.717) is 23.7 Å². The smallest absolute Gasteiger partial charge is 0.272 e. The Hall–Kier alpha value is -2.69. The van der Waals surface area contributed by atoms with E-state index < -0.39 is 0 Å². The highest BCUT2D eigenvalue weighted by molar-refractivity contribution is 5.98. The monoisotopic (exact) mass is 379 g/mol. The van der Waals surface area contributed by atoms with Crippen LogP contribution in [0, 0.1) is 5.92 Å². The number of likely N-dealkylation sites (tertiary alicyclic amines) is 1. The van der Waals surface area contributed by atoms with Gasteiger partial charge in [0.25, 0.3) is 11.8 Å². The zero-order valence-electron chi connectivity index (χ0n) is 17.0. The van der Waals surface area contributed by atoms with Crippen LogP contribution in [-0.2, 0) is 6.54 Å². The molecule has 1 unspecified atom stereocenters. The van der Waals surface area contributed by atoms with E-state index in [1.165, 1.54) is 0 Å². The summed E-state index contributed by atoms with van der Waals surface area (Å²) in [6.45, 7) is 8.22. The Morgan fingerprint density at radius 2 is 1.96 bits per heavy atom. The first kappa shape index (κ1) is 20.1. The summed E-state index contributed by atoms with van der Waals surface area (Å²) < 4.78 is 0. The highest BCUT2D eigenvalue weighted by Crippen LogP contribution is 2.19. The predicted molar refractivity (Wildman–Crippen MR) is 110 cm³/mol. The Kier molecular flexibility index (Phi) is 6.45. The van der Waals surface area contributed by atoms with E-state index in [4.69, 9.17) is 0 Å². The minimum Gasteiger partial charge on any atom is -0.338 e. The molecule has 1 atom stereocenters. The Labute approximate surface area is 167 Å². The van der Waals surface area contributed by atoms with Crippen molar-refractivity contribution in [3.05, 3.63) is 65.5 Å². The number of pyridine rings is 1. The molecule has 3 rings (SSSR count). The maximum absolute atomic E-state index is 13.1. The largest absolute Gasteiger partial charge is 0.338 e. The van der Waals surface area contributed by atoms with Crippen molar-refractivity contribution in [3.8, 4) is 0 Å². The molecule has 5 nitrogen and oxygen atoms in total. The zero-order valence-corrected chi connectivity index (χ0v) is 17.0. The third-order valence-corrected chi connectivity index (χ3v) is 5.25. The van der Waals surface area contributed by atoms with Crippen LogP contribution in [0.3, 0.4) is 0 Å². The van der Waals surface area contributed by atoms with Gasteiger partial charge in [-0.1, -0.05) is 37.3 Å². The maximum atomic E-state index is 13.1. The van der Waals surface area contributed by atoms with Crippen LogP contribution in [0.5, 0.6) is 0 Å². The lowest BCUT2D eigenvalue weighted by atomic mass is 9.99. The van der Waals surface area contributed by atoms with E-state index >= 15 is 0 Å². The number of piperidine rings is 1. The third kappa shape index (κ3) is 4.77. The van der Waals surface area contributed by atoms with Crippen molar-refractivity contribution in [1.29, 1.82) is 0 Å². The van der Waals surface area contributed by atoms with Crippen LogP contribution in [0.25, 0.3) is 0 Å². The van der Waals surface area contributed by atoms with Gasteiger partial charge in [-0.2, -0.15) is 0 Å². The number of aromatic nitrogens is 1. The molecule has 0 bridgehead atoms. The van der Waals surface area contributed by atoms with Crippen molar-refractivity contribution in [2.24, 2.45) is 5.92 Å². The van der Waals surface area contributed by atoms with E-state index in [2.05, 4.69) is 11.9 Å². The third-order valence-electron chi connectivity index (χ3n) is 5.25. The van der Waals surface area contributed by atoms with Gasteiger partial charge in [0, 0.05) is 37.4 Å². The molecule has 2 heterocycles. The van der Waals surface area contributed by atoms with Crippen molar-refractivity contribution >= 4 is 11.8 Å². The van der Waals surface area contributed by atoms with Gasteiger partial charge in [-0.05, 0) is 50.3 Å². The van der Waals surface area contributed by atoms with Gasteiger partial charge in [-0.3, -0.25) is 14.6 Å². The van der Waals surface area contributed by atoms with Gasteiger partial charge in [-0.15, -0.1) is 0 Å². The Balaban J connectivity index is 1.79. The number of amides is 2. The van der Waals surface area contributed by atoms with Crippen molar-refractivity contribution in [3.63, 3.8) is 0 Å². The van der Waals surface area contributed by atoms with Gasteiger partial charge >= 0.3 is 0 Å². The van der Waals surface area contributed by atoms with Crippen LogP contribution in [-0.4, -0.2) is 45.7 Å². The Morgan fingerprint density at radius 1 is 1.21 bits per heavy atom. The van der Waals surface area contributed by atoms with Crippen molar-refractivity contribution in [1.82, 2.24) is 14.8 Å². The molecule has 0 spiro atoms. The van der Waals surface area contributed by atoms with Crippen molar-refractivity contribution < 1.29 is 9.59 Å². The molecule has 148 valence electrons. The Morgan fingerprint density at radius 3 is 2.64 bits per heavy atom. The predicted octanol–water partition coefficient (Wildman–Crippen LogP) is 4.00. The lowest BCUT2D eigenvalue weighted by Crippen LogP contribution is -2.39. The number of rotatable bonds is 5. The molecule has 1 aromatic heterocycles. The van der Waals surface area contributed by atoms with Gasteiger partial charge in [0.15, 0.2) is 0 Å². The van der Waals surface area contributed by atoms with Crippen LogP contribution in [0.1, 0.15) is 60.0 Å². The molecule has 0 N–H and O–H groups in total. The van der Waals surface area contributed by atoms with Crippen LogP contribution in [0.2, 0.25) is 0 Å². The van der Waals surface area contributed by atoms with E-state index in [9.17, 15) is 9.59 Å². The molecule has 28 heavy (non-hydrogen) atoms. The quantitative estimate of drug-likeness (QED) is 0.789. The lowest BCUT2D eigenvalue weighted by molar-refractivity contribution is 0.0680. The molecular weight excluding hydrogens is 350 g/mol. The highest BCUT2D eigenvalue weighted by Gasteiger charge is 2.25. The fourth-order valence-electron chi connectivity index (χ4n) is 3.65. The van der Waals surface area contributed by atoms with Crippen LogP contribution in [0.15, 0.2) is 48.7 Å². The van der Waals surface area contributed by atoms with Crippen molar-refractivity contribution in [2.45, 2.75) is 46.2 Å². The molecule has 1 saturated heterocycles. The number of carbonyl (C=O) groups is 2. The summed E-state index contributed by atoms with van der Waals surface area (Å²) in [7, 11) is 0. The van der Waals surface area contributed by atoms with Gasteiger partial charge < -0.3 is 9.80 Å². The average molecular weight is 380 g/mol. The molecule has 0 saturated carbocycles. The summed E-state index contributed by atoms with van der Waals surface area (Å²) in [6, 6.07) is 13.3. The second-order valence-electron chi connectivity index (χ2n) is 7.94. The molecule has 0 radical (unpaired) electrons. The van der Waals surface area contributed by atoms with Gasteiger partial charge in [-0.25, -0.2) is 0 Å². The Bertz CT molecular complexity index is 820. The van der Waals surface area contributed by atoms with Crippen LogP contribution in [0.4, 0.5) is 0 Å². The molecule has 1 aliphatic rings. The molecule has 1 aromatic carbocycles. The summed E-state index contributed by atoms with van der Waals surface area (Å²) in [4.78, 5) is 34.0. The first-order valence-corrected chi connectivity index (χ1v) is 10.1. The van der Waals surface area contributed by atoms with Gasteiger partial charge in [0.1, 0.15) is 5.69 Å². The fraction of sp³-hybridized carbons (Fsp3) is 0.435. The minimum absolute atomic E-state index is 0.0119. The van der Waals surface area contributed by atoms with E-state index in [1.54, 1.807) is 23.2 Å². The topological polar surface area (TPSA) is 53.5 Å². The summed E-state index contributed by atoms with van der Waals surface area (Å²) >= 11 is 0. The number of hydrogen-bond donors (Lipinski definition) is 0. The number of nitrogens with zero attached hydrogens (tertiary/aromatic N) is 3. The van der Waals surface area contributed by atoms with E-state index in [0.717, 1.165) is 31.5 Å². The van der Waals surface area contributed by atoms with Gasteiger partial charge in [0.2, 0.25) is 0 Å². The fourth-order valence-corrected chi connectivity index (χ4v) is 3.65. The van der Waals surface area contributed by atoms with Crippen LogP contribution >= 0.6 is 0 Å². The molecule has 0 aliphatic carbocycles. The van der Waals surface area contributed by atoms with Crippen LogP contribution < -0.4 is 0 Å². The SMILES string of the molecule is CC1CCCN(C(=O)c2ccnc(C(=O)N(Cc3ccccc3)C(C)C)c2)C1. The van der Waals surface area contributed by atoms with Gasteiger partial charge in [0.05, 0.1) is 0 Å². The molecule has 2 aromatic rings. The number of carbonyl (C=O) groups excluding carboxylic acids is 2. The summed E-state index contributed by atoms with van der Waals surface area (Å²) in [6.07, 6.45) is 3.75. The summed E-state index contributed by atoms with van der Waals surface area (Å²) in [5.74, 6) is 0.352. The first-order chi connectivity index (χ1) is 13.5. The molecule has 5 heteroatoms. The molecular formula is C23H29N3O2. The van der Waals surface area contributed by atoms with E-state index in [1.807, 2.05) is 49.1 Å².